The fourth-order valence-electron chi connectivity index (χ4n) is 3.37. The third kappa shape index (κ3) is 6.92. The lowest BCUT2D eigenvalue weighted by molar-refractivity contribution is -0.139. The van der Waals surface area contributed by atoms with Crippen LogP contribution in [0.5, 0.6) is 11.5 Å². The molecular weight excluding hydrogens is 583 g/mol. The summed E-state index contributed by atoms with van der Waals surface area (Å²) in [4.78, 5) is 25.0. The Bertz CT molecular complexity index is 1180. The molecule has 0 saturated carbocycles. The summed E-state index contributed by atoms with van der Waals surface area (Å²) in [5.74, 6) is 0.283. The van der Waals surface area contributed by atoms with Crippen molar-refractivity contribution in [3.8, 4) is 11.5 Å². The van der Waals surface area contributed by atoms with E-state index >= 15 is 0 Å². The highest BCUT2D eigenvalue weighted by Gasteiger charge is 2.32. The molecule has 0 aromatic heterocycles. The van der Waals surface area contributed by atoms with E-state index in [1.807, 2.05) is 24.3 Å². The standard InChI is InChI=1S/C24H25IN4O5S/c1-4-33-23(31)21-14(2)27-24(35)28-22(21)16-7-5-6-8-18(16)34-13-20(30)29-26-12-15-9-10-19(32-3)17(25)11-15/h5-12,22H,4,13H2,1-3H3,(H,29,30)(H2,27,28,35)/t22-/m1/s1. The van der Waals surface area contributed by atoms with E-state index in [0.29, 0.717) is 27.7 Å². The van der Waals surface area contributed by atoms with Crippen LogP contribution in [-0.4, -0.2) is 43.5 Å². The Kier molecular flexibility index (Phi) is 9.43. The molecule has 0 bridgehead atoms. The third-order valence-electron chi connectivity index (χ3n) is 4.93. The summed E-state index contributed by atoms with van der Waals surface area (Å²) >= 11 is 7.45. The predicted molar refractivity (Wildman–Crippen MR) is 144 cm³/mol. The molecule has 9 nitrogen and oxygen atoms in total. The number of carbonyl (C=O) groups is 2. The first-order chi connectivity index (χ1) is 16.8. The molecule has 3 N–H and O–H groups in total. The zero-order valence-corrected chi connectivity index (χ0v) is 22.4. The second-order valence-corrected chi connectivity index (χ2v) is 8.87. The second kappa shape index (κ2) is 12.5. The lowest BCUT2D eigenvalue weighted by Gasteiger charge is -2.30. The number of thiocarbonyl (C=S) groups is 1. The van der Waals surface area contributed by atoms with E-state index in [1.54, 1.807) is 39.2 Å². The van der Waals surface area contributed by atoms with Gasteiger partial charge in [-0.3, -0.25) is 4.79 Å². The molecule has 11 heteroatoms. The van der Waals surface area contributed by atoms with Crippen LogP contribution in [0.4, 0.5) is 0 Å². The molecule has 1 heterocycles. The van der Waals surface area contributed by atoms with Crippen molar-refractivity contribution in [3.05, 3.63) is 68.4 Å². The number of nitrogens with one attached hydrogen (secondary N) is 3. The van der Waals surface area contributed by atoms with Crippen LogP contribution >= 0.6 is 34.8 Å². The van der Waals surface area contributed by atoms with Crippen molar-refractivity contribution in [2.45, 2.75) is 19.9 Å². The van der Waals surface area contributed by atoms with Crippen molar-refractivity contribution >= 4 is 58.0 Å². The van der Waals surface area contributed by atoms with Gasteiger partial charge in [0.1, 0.15) is 11.5 Å². The fraction of sp³-hybridized carbons (Fsp3) is 0.250. The summed E-state index contributed by atoms with van der Waals surface area (Å²) in [5, 5.41) is 10.4. The molecule has 2 aromatic carbocycles. The van der Waals surface area contributed by atoms with Crippen molar-refractivity contribution in [1.29, 1.82) is 0 Å². The second-order valence-electron chi connectivity index (χ2n) is 7.30. The smallest absolute Gasteiger partial charge is 0.338 e. The number of hydrogen-bond donors (Lipinski definition) is 3. The molecule has 184 valence electrons. The molecule has 0 saturated heterocycles. The maximum atomic E-state index is 12.6. The van der Waals surface area contributed by atoms with Crippen molar-refractivity contribution in [3.63, 3.8) is 0 Å². The lowest BCUT2D eigenvalue weighted by Crippen LogP contribution is -2.45. The van der Waals surface area contributed by atoms with Crippen LogP contribution in [0.1, 0.15) is 31.0 Å². The first-order valence-corrected chi connectivity index (χ1v) is 12.1. The highest BCUT2D eigenvalue weighted by Crippen LogP contribution is 2.33. The minimum absolute atomic E-state index is 0.237. The van der Waals surface area contributed by atoms with E-state index in [9.17, 15) is 9.59 Å². The van der Waals surface area contributed by atoms with E-state index in [1.165, 1.54) is 6.21 Å². The lowest BCUT2D eigenvalue weighted by atomic mass is 9.95. The number of methoxy groups -OCH3 is 1. The van der Waals surface area contributed by atoms with Crippen molar-refractivity contribution in [2.24, 2.45) is 5.10 Å². The van der Waals surface area contributed by atoms with Crippen LogP contribution in [0.2, 0.25) is 0 Å². The molecule has 35 heavy (non-hydrogen) atoms. The van der Waals surface area contributed by atoms with Gasteiger partial charge >= 0.3 is 5.97 Å². The molecule has 2 aromatic rings. The third-order valence-corrected chi connectivity index (χ3v) is 5.99. The van der Waals surface area contributed by atoms with Gasteiger partial charge in [0.2, 0.25) is 0 Å². The van der Waals surface area contributed by atoms with Gasteiger partial charge in [0.05, 0.1) is 35.1 Å². The number of hydrogen-bond acceptors (Lipinski definition) is 7. The first-order valence-electron chi connectivity index (χ1n) is 10.7. The SMILES string of the molecule is CCOC(=O)C1=C(C)NC(=S)N[C@@H]1c1ccccc1OCC(=O)NN=Cc1ccc(OC)c(I)c1. The number of allylic oxidation sites excluding steroid dienone is 1. The number of amides is 1. The van der Waals surface area contributed by atoms with Gasteiger partial charge in [-0.2, -0.15) is 5.10 Å². The molecule has 3 rings (SSSR count). The van der Waals surface area contributed by atoms with Crippen LogP contribution in [0.3, 0.4) is 0 Å². The van der Waals surface area contributed by atoms with Crippen molar-refractivity contribution < 1.29 is 23.8 Å². The summed E-state index contributed by atoms with van der Waals surface area (Å²) in [6.45, 7) is 3.46. The van der Waals surface area contributed by atoms with Crippen LogP contribution in [0, 0.1) is 3.57 Å². The minimum atomic E-state index is -0.599. The summed E-state index contributed by atoms with van der Waals surface area (Å²) in [6.07, 6.45) is 1.53. The van der Waals surface area contributed by atoms with Gasteiger partial charge < -0.3 is 24.8 Å². The summed E-state index contributed by atoms with van der Waals surface area (Å²) in [5.41, 5.74) is 4.88. The van der Waals surface area contributed by atoms with Crippen LogP contribution < -0.4 is 25.5 Å². The van der Waals surface area contributed by atoms with E-state index in [0.717, 1.165) is 14.9 Å². The fourth-order valence-corrected chi connectivity index (χ4v) is 4.40. The van der Waals surface area contributed by atoms with E-state index < -0.39 is 17.9 Å². The Labute approximate surface area is 222 Å². The van der Waals surface area contributed by atoms with E-state index in [2.05, 4.69) is 43.8 Å². The first kappa shape index (κ1) is 26.4. The summed E-state index contributed by atoms with van der Waals surface area (Å²) in [6, 6.07) is 12.0. The zero-order valence-electron chi connectivity index (χ0n) is 19.4. The van der Waals surface area contributed by atoms with Gasteiger partial charge in [0.25, 0.3) is 5.91 Å². The number of carbonyl (C=O) groups excluding carboxylic acids is 2. The predicted octanol–water partition coefficient (Wildman–Crippen LogP) is 3.18. The molecule has 1 aliphatic rings. The number of hydrazone groups is 1. The molecule has 0 radical (unpaired) electrons. The molecule has 0 unspecified atom stereocenters. The average molecular weight is 608 g/mol. The quantitative estimate of drug-likeness (QED) is 0.131. The molecule has 1 amide bonds. The molecule has 0 aliphatic carbocycles. The normalized spacial score (nSPS) is 15.3. The maximum Gasteiger partial charge on any atom is 0.338 e. The Hall–Kier alpha value is -3.19. The van der Waals surface area contributed by atoms with Crippen LogP contribution in [0.15, 0.2) is 58.8 Å². The monoisotopic (exact) mass is 608 g/mol. The highest BCUT2D eigenvalue weighted by atomic mass is 127. The summed E-state index contributed by atoms with van der Waals surface area (Å²) < 4.78 is 17.2. The molecule has 1 aliphatic heterocycles. The highest BCUT2D eigenvalue weighted by molar-refractivity contribution is 14.1. The molecule has 1 atom stereocenters. The Morgan fingerprint density at radius 1 is 1.23 bits per heavy atom. The van der Waals surface area contributed by atoms with Crippen molar-refractivity contribution in [1.82, 2.24) is 16.1 Å². The van der Waals surface area contributed by atoms with Gasteiger partial charge in [0, 0.05) is 11.3 Å². The van der Waals surface area contributed by atoms with E-state index in [-0.39, 0.29) is 13.2 Å². The van der Waals surface area contributed by atoms with Gasteiger partial charge in [-0.05, 0) is 78.5 Å². The Morgan fingerprint density at radius 2 is 2.00 bits per heavy atom. The van der Waals surface area contributed by atoms with Crippen molar-refractivity contribution in [2.75, 3.05) is 20.3 Å². The van der Waals surface area contributed by atoms with E-state index in [4.69, 9.17) is 26.4 Å². The van der Waals surface area contributed by atoms with Crippen LogP contribution in [0.25, 0.3) is 0 Å². The van der Waals surface area contributed by atoms with Gasteiger partial charge in [-0.25, -0.2) is 10.2 Å². The maximum absolute atomic E-state index is 12.6. The molecule has 0 fully saturated rings. The number of benzene rings is 2. The Morgan fingerprint density at radius 3 is 2.71 bits per heavy atom. The average Bonchev–Trinajstić information content (AvgIpc) is 2.82. The number of halogens is 1. The zero-order chi connectivity index (χ0) is 25.4. The number of ether oxygens (including phenoxy) is 3. The number of para-hydroxylation sites is 1. The molecular formula is C24H25IN4O5S. The largest absolute Gasteiger partial charge is 0.496 e. The number of rotatable bonds is 9. The van der Waals surface area contributed by atoms with Gasteiger partial charge in [-0.15, -0.1) is 0 Å². The topological polar surface area (TPSA) is 110 Å². The molecule has 0 spiro atoms. The summed E-state index contributed by atoms with van der Waals surface area (Å²) in [7, 11) is 1.61. The minimum Gasteiger partial charge on any atom is -0.496 e. The Balaban J connectivity index is 1.69. The van der Waals surface area contributed by atoms with Crippen LogP contribution in [-0.2, 0) is 14.3 Å². The van der Waals surface area contributed by atoms with Gasteiger partial charge in [0.15, 0.2) is 11.7 Å². The number of nitrogens with zero attached hydrogens (tertiary/aromatic N) is 1. The van der Waals surface area contributed by atoms with Gasteiger partial charge in [-0.1, -0.05) is 18.2 Å². The number of esters is 1.